The predicted octanol–water partition coefficient (Wildman–Crippen LogP) is 1.73. The van der Waals surface area contributed by atoms with E-state index in [0.717, 1.165) is 25.2 Å². The van der Waals surface area contributed by atoms with Crippen LogP contribution in [-0.4, -0.2) is 17.8 Å². The van der Waals surface area contributed by atoms with E-state index in [4.69, 9.17) is 32.4 Å². The molecule has 1 aromatic heterocycles. The highest BCUT2D eigenvalue weighted by molar-refractivity contribution is 5.60. The molecule has 3 rings (SSSR count). The molecule has 0 amide bonds. The van der Waals surface area contributed by atoms with Gasteiger partial charge in [-0.2, -0.15) is 0 Å². The van der Waals surface area contributed by atoms with E-state index in [1.54, 1.807) is 36.4 Å². The van der Waals surface area contributed by atoms with Gasteiger partial charge in [-0.25, -0.2) is 9.13 Å². The van der Waals surface area contributed by atoms with Crippen LogP contribution in [0.25, 0.3) is 0 Å². The highest BCUT2D eigenvalue weighted by Crippen LogP contribution is 2.24. The summed E-state index contributed by atoms with van der Waals surface area (Å²) in [4.78, 5) is 0. The van der Waals surface area contributed by atoms with Crippen LogP contribution < -0.4 is 37.0 Å². The standard InChI is InChI=1S/C21H29N6O2/c1-26-9-10-27(8-2-11-28-19-13-15(22)3-5-17(19)24)21(26)7-12-29-20-14-16(23)4-6-18(20)25/h3-6,9-10,13-14H,2,7-8,11-12,22-25H2,1H3/q+1. The topological polar surface area (TPSA) is 131 Å². The van der Waals surface area contributed by atoms with Gasteiger partial charge in [0.05, 0.1) is 44.6 Å². The van der Waals surface area contributed by atoms with Gasteiger partial charge in [-0.05, 0) is 24.3 Å². The van der Waals surface area contributed by atoms with Crippen molar-refractivity contribution >= 4 is 22.7 Å². The van der Waals surface area contributed by atoms with Gasteiger partial charge in [-0.1, -0.05) is 0 Å². The number of imidazole rings is 1. The van der Waals surface area contributed by atoms with Crippen molar-refractivity contribution in [1.29, 1.82) is 0 Å². The number of nitrogens with zero attached hydrogens (tertiary/aromatic N) is 2. The third kappa shape index (κ3) is 5.25. The van der Waals surface area contributed by atoms with Gasteiger partial charge in [0, 0.05) is 29.9 Å². The molecule has 2 aromatic carbocycles. The number of aryl methyl sites for hydroxylation is 2. The Hall–Kier alpha value is -3.55. The maximum absolute atomic E-state index is 5.94. The molecule has 0 saturated carbocycles. The van der Waals surface area contributed by atoms with Gasteiger partial charge in [0.1, 0.15) is 23.9 Å². The van der Waals surface area contributed by atoms with E-state index in [0.29, 0.717) is 47.5 Å². The van der Waals surface area contributed by atoms with Crippen molar-refractivity contribution in [2.45, 2.75) is 19.4 Å². The van der Waals surface area contributed by atoms with E-state index in [1.807, 2.05) is 13.2 Å². The predicted molar refractivity (Wildman–Crippen MR) is 115 cm³/mol. The SMILES string of the molecule is Cn1cc[n+](CCCOc2cc(N)ccc2N)c1CCOc1cc(N)ccc1N. The minimum absolute atomic E-state index is 0.502. The molecule has 0 bridgehead atoms. The lowest BCUT2D eigenvalue weighted by Gasteiger charge is -2.10. The molecule has 0 aliphatic heterocycles. The van der Waals surface area contributed by atoms with Gasteiger partial charge in [0.15, 0.2) is 0 Å². The van der Waals surface area contributed by atoms with Crippen LogP contribution in [0.1, 0.15) is 12.2 Å². The number of nitrogen functional groups attached to an aromatic ring is 4. The summed E-state index contributed by atoms with van der Waals surface area (Å²) >= 11 is 0. The van der Waals surface area contributed by atoms with Crippen LogP contribution in [0.3, 0.4) is 0 Å². The molecule has 0 fully saturated rings. The molecule has 0 unspecified atom stereocenters. The Bertz CT molecular complexity index is 970. The second kappa shape index (κ2) is 9.09. The number of ether oxygens (including phenoxy) is 2. The van der Waals surface area contributed by atoms with Gasteiger partial charge in [0.25, 0.3) is 5.82 Å². The molecule has 8 nitrogen and oxygen atoms in total. The Kier molecular flexibility index (Phi) is 6.33. The molecule has 0 saturated heterocycles. The largest absolute Gasteiger partial charge is 0.491 e. The zero-order valence-corrected chi connectivity index (χ0v) is 16.7. The summed E-state index contributed by atoms with van der Waals surface area (Å²) in [6.45, 7) is 1.87. The normalized spacial score (nSPS) is 10.8. The third-order valence-electron chi connectivity index (χ3n) is 4.67. The summed E-state index contributed by atoms with van der Waals surface area (Å²) in [5, 5.41) is 0. The van der Waals surface area contributed by atoms with E-state index < -0.39 is 0 Å². The minimum atomic E-state index is 0.502. The average Bonchev–Trinajstić information content (AvgIpc) is 3.04. The van der Waals surface area contributed by atoms with E-state index in [9.17, 15) is 0 Å². The Morgan fingerprint density at radius 1 is 0.862 bits per heavy atom. The van der Waals surface area contributed by atoms with Crippen molar-refractivity contribution in [2.24, 2.45) is 7.05 Å². The molecule has 154 valence electrons. The summed E-state index contributed by atoms with van der Waals surface area (Å²) < 4.78 is 15.9. The van der Waals surface area contributed by atoms with Crippen molar-refractivity contribution in [3.05, 3.63) is 54.6 Å². The highest BCUT2D eigenvalue weighted by atomic mass is 16.5. The summed E-state index contributed by atoms with van der Waals surface area (Å²) in [7, 11) is 2.02. The first kappa shape index (κ1) is 20.2. The Morgan fingerprint density at radius 2 is 1.45 bits per heavy atom. The second-order valence-electron chi connectivity index (χ2n) is 6.91. The molecule has 0 atom stereocenters. The Morgan fingerprint density at radius 3 is 2.07 bits per heavy atom. The van der Waals surface area contributed by atoms with Gasteiger partial charge in [-0.3, -0.25) is 0 Å². The molecule has 0 spiro atoms. The molecule has 8 heteroatoms. The maximum atomic E-state index is 5.94. The van der Waals surface area contributed by atoms with Gasteiger partial charge in [0.2, 0.25) is 0 Å². The van der Waals surface area contributed by atoms with Gasteiger partial charge in [-0.15, -0.1) is 0 Å². The number of nitrogens with two attached hydrogens (primary N) is 4. The first-order valence-electron chi connectivity index (χ1n) is 9.53. The van der Waals surface area contributed by atoms with E-state index in [1.165, 1.54) is 0 Å². The molecular weight excluding hydrogens is 368 g/mol. The first-order chi connectivity index (χ1) is 13.9. The maximum Gasteiger partial charge on any atom is 0.259 e. The molecule has 0 aliphatic carbocycles. The van der Waals surface area contributed by atoms with Crippen LogP contribution >= 0.6 is 0 Å². The highest BCUT2D eigenvalue weighted by Gasteiger charge is 2.15. The zero-order chi connectivity index (χ0) is 20.8. The number of benzene rings is 2. The second-order valence-corrected chi connectivity index (χ2v) is 6.91. The van der Waals surface area contributed by atoms with E-state index >= 15 is 0 Å². The summed E-state index contributed by atoms with van der Waals surface area (Å²) in [6, 6.07) is 10.5. The van der Waals surface area contributed by atoms with E-state index in [2.05, 4.69) is 15.3 Å². The van der Waals surface area contributed by atoms with Crippen LogP contribution in [-0.2, 0) is 20.0 Å². The van der Waals surface area contributed by atoms with Gasteiger partial charge >= 0.3 is 0 Å². The Balaban J connectivity index is 1.51. The lowest BCUT2D eigenvalue weighted by Crippen LogP contribution is -2.38. The fourth-order valence-corrected chi connectivity index (χ4v) is 3.10. The number of hydrogen-bond acceptors (Lipinski definition) is 6. The molecule has 1 heterocycles. The molecule has 3 aromatic rings. The van der Waals surface area contributed by atoms with Crippen molar-refractivity contribution in [2.75, 3.05) is 36.1 Å². The minimum Gasteiger partial charge on any atom is -0.491 e. The van der Waals surface area contributed by atoms with Crippen molar-refractivity contribution in [3.63, 3.8) is 0 Å². The first-order valence-corrected chi connectivity index (χ1v) is 9.53. The van der Waals surface area contributed by atoms with Crippen molar-refractivity contribution in [3.8, 4) is 11.5 Å². The molecule has 0 radical (unpaired) electrons. The number of anilines is 4. The van der Waals surface area contributed by atoms with Crippen LogP contribution in [0.2, 0.25) is 0 Å². The van der Waals surface area contributed by atoms with Crippen molar-refractivity contribution in [1.82, 2.24) is 4.57 Å². The third-order valence-corrected chi connectivity index (χ3v) is 4.67. The number of rotatable bonds is 9. The summed E-state index contributed by atoms with van der Waals surface area (Å²) in [6.07, 6.45) is 5.65. The molecular formula is C21H29N6O2+. The number of hydrogen-bond donors (Lipinski definition) is 4. The van der Waals surface area contributed by atoms with E-state index in [-0.39, 0.29) is 0 Å². The smallest absolute Gasteiger partial charge is 0.259 e. The quantitative estimate of drug-likeness (QED) is 0.247. The molecule has 0 aliphatic rings. The monoisotopic (exact) mass is 397 g/mol. The summed E-state index contributed by atoms with van der Waals surface area (Å²) in [5.74, 6) is 2.38. The summed E-state index contributed by atoms with van der Waals surface area (Å²) in [5.41, 5.74) is 25.9. The molecule has 29 heavy (non-hydrogen) atoms. The fraction of sp³-hybridized carbons (Fsp3) is 0.286. The average molecular weight is 398 g/mol. The number of aromatic nitrogens is 2. The fourth-order valence-electron chi connectivity index (χ4n) is 3.10. The Labute approximate surface area is 170 Å². The molecule has 8 N–H and O–H groups in total. The van der Waals surface area contributed by atoms with Crippen LogP contribution in [0.5, 0.6) is 11.5 Å². The zero-order valence-electron chi connectivity index (χ0n) is 16.7. The van der Waals surface area contributed by atoms with Crippen LogP contribution in [0, 0.1) is 0 Å². The van der Waals surface area contributed by atoms with Gasteiger partial charge < -0.3 is 32.4 Å². The lowest BCUT2D eigenvalue weighted by molar-refractivity contribution is -0.704. The van der Waals surface area contributed by atoms with Crippen LogP contribution in [0.4, 0.5) is 22.7 Å². The van der Waals surface area contributed by atoms with Crippen molar-refractivity contribution < 1.29 is 14.0 Å². The lowest BCUT2D eigenvalue weighted by atomic mass is 10.2. The van der Waals surface area contributed by atoms with Crippen LogP contribution in [0.15, 0.2) is 48.8 Å².